The molecule has 6 rings (SSSR count). The largest absolute Gasteiger partial charge is 0.490 e. The molecule has 33 heavy (non-hydrogen) atoms. The number of fused-ring (bicyclic) bond motifs is 3. The fraction of sp³-hybridized carbons (Fsp3) is 0.519. The number of hydrogen-bond acceptors (Lipinski definition) is 5. The number of nitrogens with two attached hydrogens (primary N) is 1. The van der Waals surface area contributed by atoms with Crippen molar-refractivity contribution in [1.82, 2.24) is 4.90 Å². The van der Waals surface area contributed by atoms with E-state index in [0.29, 0.717) is 23.8 Å². The van der Waals surface area contributed by atoms with E-state index in [1.807, 2.05) is 29.2 Å². The van der Waals surface area contributed by atoms with E-state index in [9.17, 15) is 15.0 Å². The first-order valence-electron chi connectivity index (χ1n) is 12.2. The van der Waals surface area contributed by atoms with Crippen LogP contribution in [0.1, 0.15) is 59.5 Å². The molecule has 1 amide bonds. The molecule has 5 atom stereocenters. The lowest BCUT2D eigenvalue weighted by Crippen LogP contribution is -2.55. The Labute approximate surface area is 195 Å². The number of hydrogen-bond donors (Lipinski definition) is 3. The fourth-order valence-electron chi connectivity index (χ4n) is 6.00. The van der Waals surface area contributed by atoms with Crippen molar-refractivity contribution in [2.24, 2.45) is 17.6 Å². The first kappa shape index (κ1) is 22.4. The van der Waals surface area contributed by atoms with Gasteiger partial charge in [0, 0.05) is 31.1 Å². The Morgan fingerprint density at radius 1 is 1.00 bits per heavy atom. The summed E-state index contributed by atoms with van der Waals surface area (Å²) >= 11 is 0. The quantitative estimate of drug-likeness (QED) is 0.651. The number of benzene rings is 2. The fourth-order valence-corrected chi connectivity index (χ4v) is 6.00. The summed E-state index contributed by atoms with van der Waals surface area (Å²) in [4.78, 5) is 15.1. The molecular weight excluding hydrogens is 416 g/mol. The second-order valence-electron chi connectivity index (χ2n) is 9.92. The van der Waals surface area contributed by atoms with Gasteiger partial charge in [0.05, 0.1) is 12.2 Å². The topological polar surface area (TPSA) is 96.0 Å². The van der Waals surface area contributed by atoms with Gasteiger partial charge in [-0.3, -0.25) is 4.79 Å². The van der Waals surface area contributed by atoms with E-state index in [1.54, 1.807) is 0 Å². The number of carbonyl (C=O) groups excluding carboxylic acids is 1. The van der Waals surface area contributed by atoms with Crippen LogP contribution in [0.2, 0.25) is 0 Å². The highest BCUT2D eigenvalue weighted by Crippen LogP contribution is 2.43. The van der Waals surface area contributed by atoms with Gasteiger partial charge in [-0.1, -0.05) is 30.3 Å². The van der Waals surface area contributed by atoms with E-state index in [0.717, 1.165) is 50.8 Å². The molecule has 6 nitrogen and oxygen atoms in total. The minimum Gasteiger partial charge on any atom is -0.490 e. The van der Waals surface area contributed by atoms with E-state index in [1.165, 1.54) is 5.56 Å². The molecule has 2 aromatic carbocycles. The third-order valence-electron chi connectivity index (χ3n) is 7.96. The third kappa shape index (κ3) is 4.52. The number of aliphatic hydroxyl groups is 2. The maximum atomic E-state index is 13.2. The summed E-state index contributed by atoms with van der Waals surface area (Å²) in [7, 11) is 0. The standard InChI is InChI=1S/C27H34N2O4/c28-16-17-3-1-4-19(13-17)18-9-11-29(12-10-18)27(32)21-5-2-6-22(14-21)33-24-15-20-7-8-23(24)26(31)25(20)30/h1-6,13-14,18,20,23-26,30-31H,7-12,15-16,28H2/t20?,23?,24-,25-,26+/m0/s1. The molecule has 3 aliphatic carbocycles. The van der Waals surface area contributed by atoms with E-state index in [-0.39, 0.29) is 23.8 Å². The van der Waals surface area contributed by atoms with E-state index in [4.69, 9.17) is 10.5 Å². The number of ether oxygens (including phenoxy) is 1. The highest BCUT2D eigenvalue weighted by atomic mass is 16.5. The lowest BCUT2D eigenvalue weighted by molar-refractivity contribution is -0.148. The van der Waals surface area contributed by atoms with Crippen LogP contribution in [-0.2, 0) is 6.54 Å². The average molecular weight is 451 g/mol. The van der Waals surface area contributed by atoms with Crippen molar-refractivity contribution in [2.75, 3.05) is 13.1 Å². The lowest BCUT2D eigenvalue weighted by atomic mass is 9.65. The van der Waals surface area contributed by atoms with Gasteiger partial charge in [-0.25, -0.2) is 0 Å². The average Bonchev–Trinajstić information content (AvgIpc) is 2.87. The summed E-state index contributed by atoms with van der Waals surface area (Å²) in [6.07, 6.45) is 2.97. The zero-order valence-electron chi connectivity index (χ0n) is 19.0. The molecule has 0 radical (unpaired) electrons. The van der Waals surface area contributed by atoms with E-state index < -0.39 is 12.2 Å². The first-order chi connectivity index (χ1) is 16.0. The highest BCUT2D eigenvalue weighted by molar-refractivity contribution is 5.94. The van der Waals surface area contributed by atoms with Crippen molar-refractivity contribution in [3.63, 3.8) is 0 Å². The Kier molecular flexibility index (Phi) is 6.41. The Bertz CT molecular complexity index is 986. The van der Waals surface area contributed by atoms with Gasteiger partial charge >= 0.3 is 0 Å². The molecule has 0 aromatic heterocycles. The molecule has 4 N–H and O–H groups in total. The van der Waals surface area contributed by atoms with Gasteiger partial charge in [-0.05, 0) is 73.3 Å². The van der Waals surface area contributed by atoms with Crippen molar-refractivity contribution in [3.8, 4) is 5.75 Å². The normalized spacial score (nSPS) is 29.8. The smallest absolute Gasteiger partial charge is 0.253 e. The SMILES string of the molecule is NCc1cccc(C2CCN(C(=O)c3cccc(O[C@H]4CC5CCC4[C@@H](O)[C@H]5O)c3)CC2)c1. The number of carbonyl (C=O) groups is 1. The minimum atomic E-state index is -0.723. The van der Waals surface area contributed by atoms with Crippen molar-refractivity contribution >= 4 is 5.91 Å². The maximum Gasteiger partial charge on any atom is 0.253 e. The van der Waals surface area contributed by atoms with Gasteiger partial charge in [0.15, 0.2) is 0 Å². The number of amides is 1. The molecule has 4 fully saturated rings. The molecule has 1 heterocycles. The summed E-state index contributed by atoms with van der Waals surface area (Å²) in [6, 6.07) is 15.9. The highest BCUT2D eigenvalue weighted by Gasteiger charge is 2.48. The Morgan fingerprint density at radius 3 is 2.55 bits per heavy atom. The molecule has 176 valence electrons. The Hall–Kier alpha value is -2.41. The number of aliphatic hydroxyl groups excluding tert-OH is 2. The maximum absolute atomic E-state index is 13.2. The molecule has 0 spiro atoms. The predicted molar refractivity (Wildman–Crippen MR) is 126 cm³/mol. The van der Waals surface area contributed by atoms with Gasteiger partial charge in [-0.2, -0.15) is 0 Å². The summed E-state index contributed by atoms with van der Waals surface area (Å²) in [5.41, 5.74) is 8.89. The van der Waals surface area contributed by atoms with Crippen LogP contribution in [0.4, 0.5) is 0 Å². The van der Waals surface area contributed by atoms with Gasteiger partial charge in [-0.15, -0.1) is 0 Å². The number of rotatable bonds is 5. The van der Waals surface area contributed by atoms with Crippen LogP contribution < -0.4 is 10.5 Å². The molecule has 3 saturated carbocycles. The van der Waals surface area contributed by atoms with Crippen LogP contribution in [0.3, 0.4) is 0 Å². The Morgan fingerprint density at radius 2 is 1.79 bits per heavy atom. The van der Waals surface area contributed by atoms with E-state index >= 15 is 0 Å². The van der Waals surface area contributed by atoms with E-state index in [2.05, 4.69) is 24.3 Å². The molecule has 2 bridgehead atoms. The third-order valence-corrected chi connectivity index (χ3v) is 7.96. The molecule has 1 aliphatic heterocycles. The van der Waals surface area contributed by atoms with Crippen LogP contribution in [0.5, 0.6) is 5.75 Å². The molecular formula is C27H34N2O4. The van der Waals surface area contributed by atoms with Crippen LogP contribution >= 0.6 is 0 Å². The lowest BCUT2D eigenvalue weighted by Gasteiger charge is -2.48. The van der Waals surface area contributed by atoms with Crippen LogP contribution in [0.25, 0.3) is 0 Å². The van der Waals surface area contributed by atoms with Crippen molar-refractivity contribution < 1.29 is 19.7 Å². The summed E-state index contributed by atoms with van der Waals surface area (Å²) in [5.74, 6) is 1.19. The molecule has 1 saturated heterocycles. The number of piperidine rings is 1. The van der Waals surface area contributed by atoms with Gasteiger partial charge in [0.25, 0.3) is 5.91 Å². The van der Waals surface area contributed by atoms with Crippen LogP contribution in [-0.4, -0.2) is 52.4 Å². The predicted octanol–water partition coefficient (Wildman–Crippen LogP) is 3.06. The first-order valence-corrected chi connectivity index (χ1v) is 12.2. The van der Waals surface area contributed by atoms with Crippen molar-refractivity contribution in [3.05, 3.63) is 65.2 Å². The Balaban J connectivity index is 1.21. The van der Waals surface area contributed by atoms with Crippen molar-refractivity contribution in [2.45, 2.75) is 62.9 Å². The molecule has 2 aromatic rings. The van der Waals surface area contributed by atoms with Gasteiger partial charge in [0.2, 0.25) is 0 Å². The molecule has 4 aliphatic rings. The second kappa shape index (κ2) is 9.45. The summed E-state index contributed by atoms with van der Waals surface area (Å²) in [5, 5.41) is 20.5. The molecule has 2 unspecified atom stereocenters. The summed E-state index contributed by atoms with van der Waals surface area (Å²) in [6.45, 7) is 2.02. The van der Waals surface area contributed by atoms with Gasteiger partial charge in [0.1, 0.15) is 11.9 Å². The monoisotopic (exact) mass is 450 g/mol. The van der Waals surface area contributed by atoms with Crippen LogP contribution in [0.15, 0.2) is 48.5 Å². The van der Waals surface area contributed by atoms with Crippen LogP contribution in [0, 0.1) is 11.8 Å². The van der Waals surface area contributed by atoms with Gasteiger partial charge < -0.3 is 25.6 Å². The number of likely N-dealkylation sites (tertiary alicyclic amines) is 1. The van der Waals surface area contributed by atoms with Crippen molar-refractivity contribution in [1.29, 1.82) is 0 Å². The second-order valence-corrected chi connectivity index (χ2v) is 9.92. The number of nitrogens with zero attached hydrogens (tertiary/aromatic N) is 1. The zero-order chi connectivity index (χ0) is 22.9. The minimum absolute atomic E-state index is 0.0373. The molecule has 6 heteroatoms. The summed E-state index contributed by atoms with van der Waals surface area (Å²) < 4.78 is 6.23. The zero-order valence-corrected chi connectivity index (χ0v) is 19.0.